The van der Waals surface area contributed by atoms with Gasteiger partial charge in [-0.1, -0.05) is 6.07 Å². The Morgan fingerprint density at radius 3 is 3.12 bits per heavy atom. The summed E-state index contributed by atoms with van der Waals surface area (Å²) in [5, 5.41) is 0. The highest BCUT2D eigenvalue weighted by Crippen LogP contribution is 2.30. The number of hydrogen-bond acceptors (Lipinski definition) is 5. The average Bonchev–Trinajstić information content (AvgIpc) is 3.33. The number of aromatic nitrogens is 3. The number of nitrogens with zero attached hydrogens (tertiary/aromatic N) is 4. The molecule has 0 aliphatic carbocycles. The summed E-state index contributed by atoms with van der Waals surface area (Å²) >= 11 is 0. The van der Waals surface area contributed by atoms with Crippen LogP contribution in [-0.2, 0) is 24.8 Å². The molecule has 0 fully saturated rings. The fourth-order valence-electron chi connectivity index (χ4n) is 3.37. The zero-order chi connectivity index (χ0) is 17.9. The molecule has 134 valence electrons. The first-order chi connectivity index (χ1) is 12.7. The molecule has 4 rings (SSSR count). The lowest BCUT2D eigenvalue weighted by Gasteiger charge is -2.35. The number of furan rings is 1. The Kier molecular flexibility index (Phi) is 4.53. The number of carbonyl (C=O) groups is 1. The van der Waals surface area contributed by atoms with Gasteiger partial charge in [-0.15, -0.1) is 0 Å². The van der Waals surface area contributed by atoms with E-state index in [9.17, 15) is 4.79 Å². The molecule has 0 saturated carbocycles. The smallest absolute Gasteiger partial charge is 0.257 e. The molecule has 1 aliphatic heterocycles. The molecular weight excluding hydrogens is 332 g/mol. The van der Waals surface area contributed by atoms with Crippen molar-refractivity contribution >= 4 is 5.91 Å². The molecular formula is C19H20N4O3. The Labute approximate surface area is 151 Å². The highest BCUT2D eigenvalue weighted by molar-refractivity contribution is 5.94. The van der Waals surface area contributed by atoms with Gasteiger partial charge in [0.2, 0.25) is 0 Å². The van der Waals surface area contributed by atoms with Crippen LogP contribution in [0.1, 0.15) is 33.4 Å². The molecule has 1 atom stereocenters. The summed E-state index contributed by atoms with van der Waals surface area (Å²) in [7, 11) is 1.95. The van der Waals surface area contributed by atoms with Crippen molar-refractivity contribution in [2.24, 2.45) is 7.05 Å². The quantitative estimate of drug-likeness (QED) is 0.705. The lowest BCUT2D eigenvalue weighted by atomic mass is 10.0. The SMILES string of the molecule is Cn1cnc2c1C(COCc1cccnc1)N(C(=O)c1ccoc1)CC2. The molecule has 0 aromatic carbocycles. The van der Waals surface area contributed by atoms with E-state index in [2.05, 4.69) is 9.97 Å². The first-order valence-electron chi connectivity index (χ1n) is 8.54. The maximum atomic E-state index is 12.9. The van der Waals surface area contributed by atoms with Crippen molar-refractivity contribution in [3.63, 3.8) is 0 Å². The van der Waals surface area contributed by atoms with Crippen LogP contribution in [0.2, 0.25) is 0 Å². The second kappa shape index (κ2) is 7.13. The second-order valence-electron chi connectivity index (χ2n) is 6.34. The second-order valence-corrected chi connectivity index (χ2v) is 6.34. The van der Waals surface area contributed by atoms with E-state index in [1.54, 1.807) is 24.8 Å². The van der Waals surface area contributed by atoms with Crippen molar-refractivity contribution in [1.29, 1.82) is 0 Å². The first kappa shape index (κ1) is 16.5. The average molecular weight is 352 g/mol. The summed E-state index contributed by atoms with van der Waals surface area (Å²) in [6.45, 7) is 1.45. The van der Waals surface area contributed by atoms with Gasteiger partial charge in [0.05, 0.1) is 48.8 Å². The van der Waals surface area contributed by atoms with Crippen LogP contribution in [-0.4, -0.2) is 38.5 Å². The van der Waals surface area contributed by atoms with Gasteiger partial charge in [0.25, 0.3) is 5.91 Å². The fourth-order valence-corrected chi connectivity index (χ4v) is 3.37. The summed E-state index contributed by atoms with van der Waals surface area (Å²) in [6, 6.07) is 5.35. The third-order valence-corrected chi connectivity index (χ3v) is 4.64. The highest BCUT2D eigenvalue weighted by atomic mass is 16.5. The molecule has 1 amide bonds. The molecule has 3 aromatic heterocycles. The fraction of sp³-hybridized carbons (Fsp3) is 0.316. The number of pyridine rings is 1. The third-order valence-electron chi connectivity index (χ3n) is 4.64. The van der Waals surface area contributed by atoms with E-state index >= 15 is 0 Å². The van der Waals surface area contributed by atoms with E-state index in [0.29, 0.717) is 25.3 Å². The van der Waals surface area contributed by atoms with Gasteiger partial charge in [-0.3, -0.25) is 9.78 Å². The minimum absolute atomic E-state index is 0.0550. The molecule has 0 spiro atoms. The minimum Gasteiger partial charge on any atom is -0.472 e. The van der Waals surface area contributed by atoms with E-state index in [1.165, 1.54) is 12.5 Å². The maximum absolute atomic E-state index is 12.9. The van der Waals surface area contributed by atoms with Crippen LogP contribution in [0.3, 0.4) is 0 Å². The molecule has 3 aromatic rings. The van der Waals surface area contributed by atoms with Gasteiger partial charge in [-0.05, 0) is 17.7 Å². The molecule has 4 heterocycles. The van der Waals surface area contributed by atoms with Crippen LogP contribution in [0.15, 0.2) is 53.9 Å². The zero-order valence-electron chi connectivity index (χ0n) is 14.5. The van der Waals surface area contributed by atoms with Crippen molar-refractivity contribution in [2.45, 2.75) is 19.1 Å². The molecule has 0 radical (unpaired) electrons. The molecule has 0 saturated heterocycles. The van der Waals surface area contributed by atoms with Crippen LogP contribution in [0, 0.1) is 0 Å². The Bertz CT molecular complexity index is 874. The van der Waals surface area contributed by atoms with Crippen LogP contribution < -0.4 is 0 Å². The topological polar surface area (TPSA) is 73.4 Å². The predicted octanol–water partition coefficient (Wildman–Crippen LogP) is 2.36. The summed E-state index contributed by atoms with van der Waals surface area (Å²) < 4.78 is 13.0. The number of imidazole rings is 1. The normalized spacial score (nSPS) is 16.5. The summed E-state index contributed by atoms with van der Waals surface area (Å²) in [6.07, 6.45) is 9.04. The van der Waals surface area contributed by atoms with Crippen LogP contribution in [0.5, 0.6) is 0 Å². The molecule has 26 heavy (non-hydrogen) atoms. The number of amides is 1. The Morgan fingerprint density at radius 1 is 1.42 bits per heavy atom. The largest absolute Gasteiger partial charge is 0.472 e. The number of rotatable bonds is 5. The van der Waals surface area contributed by atoms with E-state index in [4.69, 9.17) is 9.15 Å². The van der Waals surface area contributed by atoms with Gasteiger partial charge in [-0.25, -0.2) is 4.98 Å². The van der Waals surface area contributed by atoms with Gasteiger partial charge in [0, 0.05) is 32.4 Å². The predicted molar refractivity (Wildman–Crippen MR) is 93.3 cm³/mol. The lowest BCUT2D eigenvalue weighted by molar-refractivity contribution is 0.0326. The number of carbonyl (C=O) groups excluding carboxylic acids is 1. The summed E-state index contributed by atoms with van der Waals surface area (Å²) in [5.74, 6) is -0.0550. The molecule has 0 bridgehead atoms. The van der Waals surface area contributed by atoms with Gasteiger partial charge in [-0.2, -0.15) is 0 Å². The van der Waals surface area contributed by atoms with E-state index in [-0.39, 0.29) is 11.9 Å². The van der Waals surface area contributed by atoms with Crippen molar-refractivity contribution in [1.82, 2.24) is 19.4 Å². The Morgan fingerprint density at radius 2 is 2.35 bits per heavy atom. The van der Waals surface area contributed by atoms with Gasteiger partial charge in [0.1, 0.15) is 6.26 Å². The third kappa shape index (κ3) is 3.13. The zero-order valence-corrected chi connectivity index (χ0v) is 14.5. The van der Waals surface area contributed by atoms with Crippen molar-refractivity contribution in [3.8, 4) is 0 Å². The first-order valence-corrected chi connectivity index (χ1v) is 8.54. The summed E-state index contributed by atoms with van der Waals surface area (Å²) in [4.78, 5) is 23.3. The molecule has 1 aliphatic rings. The lowest BCUT2D eigenvalue weighted by Crippen LogP contribution is -2.42. The van der Waals surface area contributed by atoms with Gasteiger partial charge in [0.15, 0.2) is 0 Å². The maximum Gasteiger partial charge on any atom is 0.257 e. The van der Waals surface area contributed by atoms with E-state index in [0.717, 1.165) is 23.4 Å². The van der Waals surface area contributed by atoms with E-state index in [1.807, 2.05) is 28.6 Å². The molecule has 7 heteroatoms. The Hall–Kier alpha value is -2.93. The minimum atomic E-state index is -0.190. The van der Waals surface area contributed by atoms with Crippen LogP contribution in [0.4, 0.5) is 0 Å². The van der Waals surface area contributed by atoms with Crippen molar-refractivity contribution in [2.75, 3.05) is 13.2 Å². The van der Waals surface area contributed by atoms with Crippen molar-refractivity contribution in [3.05, 3.63) is 72.0 Å². The summed E-state index contributed by atoms with van der Waals surface area (Å²) in [5.41, 5.74) is 3.60. The number of hydrogen-bond donors (Lipinski definition) is 0. The van der Waals surface area contributed by atoms with Gasteiger partial charge < -0.3 is 18.6 Å². The number of fused-ring (bicyclic) bond motifs is 1. The Balaban J connectivity index is 1.55. The van der Waals surface area contributed by atoms with Crippen molar-refractivity contribution < 1.29 is 13.9 Å². The molecule has 1 unspecified atom stereocenters. The van der Waals surface area contributed by atoms with Crippen LogP contribution in [0.25, 0.3) is 0 Å². The number of ether oxygens (including phenoxy) is 1. The molecule has 0 N–H and O–H groups in total. The highest BCUT2D eigenvalue weighted by Gasteiger charge is 2.34. The molecule has 7 nitrogen and oxygen atoms in total. The monoisotopic (exact) mass is 352 g/mol. The van der Waals surface area contributed by atoms with Gasteiger partial charge >= 0.3 is 0 Å². The van der Waals surface area contributed by atoms with E-state index < -0.39 is 0 Å². The number of aryl methyl sites for hydroxylation is 1. The van der Waals surface area contributed by atoms with Crippen LogP contribution >= 0.6 is 0 Å². The standard InChI is InChI=1S/C19H20N4O3/c1-22-13-21-16-4-7-23(19(24)15-5-8-25-11-15)17(18(16)22)12-26-10-14-3-2-6-20-9-14/h2-3,5-6,8-9,11,13,17H,4,7,10,12H2,1H3.